The number of aryl methyl sites for hydroxylation is 2. The molecule has 1 fully saturated rings. The normalized spacial score (nSPS) is 14.5. The van der Waals surface area contributed by atoms with Crippen molar-refractivity contribution in [2.45, 2.75) is 13.8 Å². The molecule has 2 amide bonds. The molecular weight excluding hydrogens is 304 g/mol. The maximum absolute atomic E-state index is 12.1. The van der Waals surface area contributed by atoms with E-state index in [1.165, 1.54) is 0 Å². The van der Waals surface area contributed by atoms with Crippen LogP contribution in [0.4, 0.5) is 5.69 Å². The quantitative estimate of drug-likeness (QED) is 0.943. The number of methoxy groups -OCH3 is 1. The Balaban J connectivity index is 1.95. The van der Waals surface area contributed by atoms with Crippen molar-refractivity contribution in [3.05, 3.63) is 47.5 Å². The van der Waals surface area contributed by atoms with E-state index in [1.54, 1.807) is 12.0 Å². The van der Waals surface area contributed by atoms with Crippen LogP contribution >= 0.6 is 0 Å². The average molecular weight is 324 g/mol. The molecule has 24 heavy (non-hydrogen) atoms. The maximum atomic E-state index is 12.1. The first-order chi connectivity index (χ1) is 11.5. The van der Waals surface area contributed by atoms with Crippen LogP contribution in [0.25, 0.3) is 11.1 Å². The Morgan fingerprint density at radius 1 is 1.04 bits per heavy atom. The molecule has 0 aliphatic carbocycles. The topological polar surface area (TPSA) is 58.6 Å². The number of anilines is 1. The van der Waals surface area contributed by atoms with E-state index in [0.717, 1.165) is 33.7 Å². The summed E-state index contributed by atoms with van der Waals surface area (Å²) >= 11 is 0. The molecule has 1 heterocycles. The van der Waals surface area contributed by atoms with Crippen LogP contribution in [0, 0.1) is 13.8 Å². The van der Waals surface area contributed by atoms with Gasteiger partial charge in [-0.15, -0.1) is 0 Å². The predicted molar refractivity (Wildman–Crippen MR) is 93.3 cm³/mol. The molecule has 0 atom stereocenters. The molecule has 1 N–H and O–H groups in total. The second-order valence-electron chi connectivity index (χ2n) is 5.94. The molecule has 5 nitrogen and oxygen atoms in total. The van der Waals surface area contributed by atoms with Crippen LogP contribution in [-0.4, -0.2) is 32.0 Å². The summed E-state index contributed by atoms with van der Waals surface area (Å²) in [5.41, 5.74) is 5.06. The van der Waals surface area contributed by atoms with E-state index in [4.69, 9.17) is 4.74 Å². The summed E-state index contributed by atoms with van der Waals surface area (Å²) in [5.74, 6) is 0.602. The van der Waals surface area contributed by atoms with Crippen LogP contribution in [-0.2, 0) is 9.59 Å². The molecule has 0 radical (unpaired) electrons. The molecule has 2 aromatic carbocycles. The highest BCUT2D eigenvalue weighted by molar-refractivity contribution is 6.05. The van der Waals surface area contributed by atoms with E-state index in [2.05, 4.69) is 5.32 Å². The Labute approximate surface area is 141 Å². The zero-order chi connectivity index (χ0) is 17.3. The Kier molecular flexibility index (Phi) is 4.25. The van der Waals surface area contributed by atoms with Gasteiger partial charge in [-0.25, -0.2) is 0 Å². The van der Waals surface area contributed by atoms with Gasteiger partial charge in [0.15, 0.2) is 0 Å². The number of piperazine rings is 1. The lowest BCUT2D eigenvalue weighted by atomic mass is 9.97. The van der Waals surface area contributed by atoms with Crippen LogP contribution in [0.5, 0.6) is 5.75 Å². The number of rotatable bonds is 3. The van der Waals surface area contributed by atoms with Crippen LogP contribution < -0.4 is 15.0 Å². The summed E-state index contributed by atoms with van der Waals surface area (Å²) in [6, 6.07) is 11.9. The minimum atomic E-state index is -0.135. The van der Waals surface area contributed by atoms with Crippen molar-refractivity contribution < 1.29 is 14.3 Å². The first kappa shape index (κ1) is 16.1. The number of hydrogen-bond acceptors (Lipinski definition) is 3. The highest BCUT2D eigenvalue weighted by atomic mass is 16.5. The summed E-state index contributed by atoms with van der Waals surface area (Å²) < 4.78 is 5.25. The third-order valence-electron chi connectivity index (χ3n) is 4.27. The van der Waals surface area contributed by atoms with Gasteiger partial charge in [0.05, 0.1) is 13.7 Å². The van der Waals surface area contributed by atoms with E-state index in [0.29, 0.717) is 0 Å². The molecule has 3 rings (SSSR count). The lowest BCUT2D eigenvalue weighted by Gasteiger charge is -2.28. The van der Waals surface area contributed by atoms with Gasteiger partial charge in [0.1, 0.15) is 12.3 Å². The molecule has 2 aromatic rings. The van der Waals surface area contributed by atoms with Crippen molar-refractivity contribution in [3.63, 3.8) is 0 Å². The van der Waals surface area contributed by atoms with Crippen LogP contribution in [0.2, 0.25) is 0 Å². The van der Waals surface area contributed by atoms with Gasteiger partial charge in [0.2, 0.25) is 11.8 Å². The summed E-state index contributed by atoms with van der Waals surface area (Å²) in [4.78, 5) is 25.2. The zero-order valence-corrected chi connectivity index (χ0v) is 14.1. The number of nitrogens with zero attached hydrogens (tertiary/aromatic N) is 1. The fraction of sp³-hybridized carbons (Fsp3) is 0.263. The van der Waals surface area contributed by atoms with E-state index in [-0.39, 0.29) is 24.9 Å². The van der Waals surface area contributed by atoms with Crippen molar-refractivity contribution in [1.29, 1.82) is 0 Å². The number of ether oxygens (including phenoxy) is 1. The van der Waals surface area contributed by atoms with Gasteiger partial charge < -0.3 is 15.0 Å². The minimum Gasteiger partial charge on any atom is -0.497 e. The SMILES string of the molecule is COc1ccc(-c2ccc(N3CC(=O)NCC3=O)c(C)c2)c(C)c1. The molecule has 1 saturated heterocycles. The first-order valence-electron chi connectivity index (χ1n) is 7.82. The number of benzene rings is 2. The monoisotopic (exact) mass is 324 g/mol. The molecule has 0 spiro atoms. The van der Waals surface area contributed by atoms with Gasteiger partial charge in [0, 0.05) is 5.69 Å². The first-order valence-corrected chi connectivity index (χ1v) is 7.82. The molecule has 0 saturated carbocycles. The fourth-order valence-corrected chi connectivity index (χ4v) is 2.99. The molecule has 0 unspecified atom stereocenters. The standard InChI is InChI=1S/C19H20N2O3/c1-12-9-15(24-3)5-6-16(12)14-4-7-17(13(2)8-14)21-11-18(22)20-10-19(21)23/h4-9H,10-11H2,1-3H3,(H,20,22). The number of amides is 2. The molecule has 1 aliphatic heterocycles. The lowest BCUT2D eigenvalue weighted by molar-refractivity contribution is -0.128. The molecule has 5 heteroatoms. The summed E-state index contributed by atoms with van der Waals surface area (Å²) in [7, 11) is 1.65. The van der Waals surface area contributed by atoms with Crippen molar-refractivity contribution in [2.24, 2.45) is 0 Å². The molecule has 0 aromatic heterocycles. The largest absolute Gasteiger partial charge is 0.497 e. The molecular formula is C19H20N2O3. The van der Waals surface area contributed by atoms with Gasteiger partial charge in [-0.2, -0.15) is 0 Å². The van der Waals surface area contributed by atoms with Gasteiger partial charge in [-0.05, 0) is 60.4 Å². The third-order valence-corrected chi connectivity index (χ3v) is 4.27. The number of carbonyl (C=O) groups is 2. The smallest absolute Gasteiger partial charge is 0.246 e. The Bertz CT molecular complexity index is 814. The maximum Gasteiger partial charge on any atom is 0.246 e. The van der Waals surface area contributed by atoms with Crippen molar-refractivity contribution in [1.82, 2.24) is 5.32 Å². The van der Waals surface area contributed by atoms with E-state index in [1.807, 2.05) is 50.2 Å². The third kappa shape index (κ3) is 2.97. The van der Waals surface area contributed by atoms with Gasteiger partial charge >= 0.3 is 0 Å². The molecule has 0 bridgehead atoms. The number of nitrogens with one attached hydrogen (secondary N) is 1. The van der Waals surface area contributed by atoms with Gasteiger partial charge in [-0.1, -0.05) is 12.1 Å². The average Bonchev–Trinajstić information content (AvgIpc) is 2.57. The van der Waals surface area contributed by atoms with Crippen LogP contribution in [0.15, 0.2) is 36.4 Å². The van der Waals surface area contributed by atoms with Gasteiger partial charge in [0.25, 0.3) is 0 Å². The Hall–Kier alpha value is -2.82. The number of carbonyl (C=O) groups excluding carboxylic acids is 2. The second kappa shape index (κ2) is 6.35. The predicted octanol–water partition coefficient (Wildman–Crippen LogP) is 2.44. The highest BCUT2D eigenvalue weighted by Gasteiger charge is 2.25. The van der Waals surface area contributed by atoms with E-state index in [9.17, 15) is 9.59 Å². The van der Waals surface area contributed by atoms with Gasteiger partial charge in [-0.3, -0.25) is 9.59 Å². The molecule has 1 aliphatic rings. The highest BCUT2D eigenvalue weighted by Crippen LogP contribution is 2.31. The van der Waals surface area contributed by atoms with Crippen molar-refractivity contribution in [2.75, 3.05) is 25.1 Å². The van der Waals surface area contributed by atoms with E-state index >= 15 is 0 Å². The second-order valence-corrected chi connectivity index (χ2v) is 5.94. The lowest BCUT2D eigenvalue weighted by Crippen LogP contribution is -2.51. The Morgan fingerprint density at radius 2 is 1.83 bits per heavy atom. The van der Waals surface area contributed by atoms with Crippen LogP contribution in [0.1, 0.15) is 11.1 Å². The van der Waals surface area contributed by atoms with E-state index < -0.39 is 0 Å². The van der Waals surface area contributed by atoms with Crippen molar-refractivity contribution >= 4 is 17.5 Å². The number of hydrogen-bond donors (Lipinski definition) is 1. The fourth-order valence-electron chi connectivity index (χ4n) is 2.99. The summed E-state index contributed by atoms with van der Waals surface area (Å²) in [5, 5.41) is 2.56. The summed E-state index contributed by atoms with van der Waals surface area (Å²) in [6.07, 6.45) is 0. The van der Waals surface area contributed by atoms with Crippen molar-refractivity contribution in [3.8, 4) is 16.9 Å². The minimum absolute atomic E-state index is 0.0532. The molecule has 124 valence electrons. The Morgan fingerprint density at radius 3 is 2.50 bits per heavy atom. The summed E-state index contributed by atoms with van der Waals surface area (Å²) in [6.45, 7) is 4.12. The zero-order valence-electron chi connectivity index (χ0n) is 14.1. The van der Waals surface area contributed by atoms with Crippen LogP contribution in [0.3, 0.4) is 0 Å².